The van der Waals surface area contributed by atoms with E-state index < -0.39 is 0 Å². The largest absolute Gasteiger partial charge is 0.361 e. The molecule has 0 aliphatic carbocycles. The molecule has 0 saturated carbocycles. The Morgan fingerprint density at radius 1 is 1.38 bits per heavy atom. The van der Waals surface area contributed by atoms with Gasteiger partial charge in [-0.05, 0) is 24.3 Å². The smallest absolute Gasteiger partial charge is 0.225 e. The van der Waals surface area contributed by atoms with Crippen molar-refractivity contribution in [3.8, 4) is 0 Å². The van der Waals surface area contributed by atoms with Gasteiger partial charge in [-0.25, -0.2) is 0 Å². The lowest BCUT2D eigenvalue weighted by Crippen LogP contribution is -2.13. The molecule has 3 N–H and O–H groups in total. The van der Waals surface area contributed by atoms with E-state index in [4.69, 9.17) is 0 Å². The number of benzene rings is 1. The number of nitrogens with one attached hydrogen (secondary N) is 3. The first-order valence-electron chi connectivity index (χ1n) is 6.70. The molecule has 0 fully saturated rings. The van der Waals surface area contributed by atoms with Crippen LogP contribution < -0.4 is 5.32 Å². The van der Waals surface area contributed by atoms with Crippen molar-refractivity contribution in [3.63, 3.8) is 0 Å². The Morgan fingerprint density at radius 2 is 2.24 bits per heavy atom. The maximum absolute atomic E-state index is 12.0. The van der Waals surface area contributed by atoms with Crippen LogP contribution in [0.5, 0.6) is 0 Å². The number of para-hydroxylation sites is 1. The number of H-pyrrole nitrogens is 2. The zero-order chi connectivity index (χ0) is 14.7. The molecule has 0 spiro atoms. The minimum atomic E-state index is -0.0140. The second-order valence-corrected chi connectivity index (χ2v) is 5.57. The Hall–Kier alpha value is -2.21. The Labute approximate surface area is 126 Å². The summed E-state index contributed by atoms with van der Waals surface area (Å²) >= 11 is 1.55. The van der Waals surface area contributed by atoms with E-state index in [1.54, 1.807) is 18.0 Å². The molecule has 0 bridgehead atoms. The molecule has 1 aromatic carbocycles. The molecule has 108 valence electrons. The van der Waals surface area contributed by atoms with Gasteiger partial charge in [0.1, 0.15) is 5.82 Å². The first-order valence-corrected chi connectivity index (χ1v) is 7.92. The van der Waals surface area contributed by atoms with Crippen LogP contribution in [0.2, 0.25) is 0 Å². The normalized spacial score (nSPS) is 10.9. The molecule has 0 aliphatic heterocycles. The molecule has 3 aromatic rings. The summed E-state index contributed by atoms with van der Waals surface area (Å²) in [5, 5.41) is 10.8. The molecule has 0 radical (unpaired) electrons. The summed E-state index contributed by atoms with van der Waals surface area (Å²) in [5.74, 6) is 0.659. The van der Waals surface area contributed by atoms with E-state index in [2.05, 4.69) is 26.6 Å². The maximum atomic E-state index is 12.0. The predicted molar refractivity (Wildman–Crippen MR) is 85.6 cm³/mol. The minimum Gasteiger partial charge on any atom is -0.361 e. The van der Waals surface area contributed by atoms with E-state index in [0.29, 0.717) is 18.7 Å². The van der Waals surface area contributed by atoms with Crippen molar-refractivity contribution >= 4 is 34.4 Å². The Bertz CT molecular complexity index is 762. The van der Waals surface area contributed by atoms with Crippen LogP contribution in [-0.4, -0.2) is 27.3 Å². The summed E-state index contributed by atoms with van der Waals surface area (Å²) in [6.07, 6.45) is 6.78. The molecular weight excluding hydrogens is 284 g/mol. The molecule has 0 atom stereocenters. The Morgan fingerprint density at radius 3 is 3.10 bits per heavy atom. The third kappa shape index (κ3) is 2.95. The second-order valence-electron chi connectivity index (χ2n) is 4.72. The molecule has 5 nitrogen and oxygen atoms in total. The average molecular weight is 300 g/mol. The number of carbonyl (C=O) groups is 1. The van der Waals surface area contributed by atoms with Gasteiger partial charge < -0.3 is 10.3 Å². The van der Waals surface area contributed by atoms with Crippen LogP contribution in [0.15, 0.2) is 41.6 Å². The average Bonchev–Trinajstić information content (AvgIpc) is 3.11. The predicted octanol–water partition coefficient (Wildman–Crippen LogP) is 3.18. The molecule has 2 aromatic heterocycles. The van der Waals surface area contributed by atoms with E-state index in [9.17, 15) is 4.79 Å². The number of aryl methyl sites for hydroxylation is 1. The maximum Gasteiger partial charge on any atom is 0.225 e. The zero-order valence-electron chi connectivity index (χ0n) is 11.6. The van der Waals surface area contributed by atoms with E-state index >= 15 is 0 Å². The van der Waals surface area contributed by atoms with Crippen LogP contribution in [0.3, 0.4) is 0 Å². The summed E-state index contributed by atoms with van der Waals surface area (Å²) < 4.78 is 0. The van der Waals surface area contributed by atoms with Gasteiger partial charge >= 0.3 is 0 Å². The van der Waals surface area contributed by atoms with Gasteiger partial charge in [-0.3, -0.25) is 9.89 Å². The van der Waals surface area contributed by atoms with Gasteiger partial charge in [0.15, 0.2) is 0 Å². The van der Waals surface area contributed by atoms with Gasteiger partial charge in [0.05, 0.1) is 11.1 Å². The van der Waals surface area contributed by atoms with Crippen molar-refractivity contribution in [2.75, 3.05) is 11.6 Å². The fourth-order valence-electron chi connectivity index (χ4n) is 2.31. The molecule has 0 aliphatic rings. The molecule has 6 heteroatoms. The van der Waals surface area contributed by atoms with E-state index in [0.717, 1.165) is 16.0 Å². The SMILES string of the molecule is CSc1cn[nH]c1NC(=O)CCc1c[nH]c2ccccc12. The van der Waals surface area contributed by atoms with Crippen molar-refractivity contribution in [1.29, 1.82) is 0 Å². The van der Waals surface area contributed by atoms with Crippen molar-refractivity contribution in [1.82, 2.24) is 15.2 Å². The second kappa shape index (κ2) is 6.05. The van der Waals surface area contributed by atoms with Crippen molar-refractivity contribution in [3.05, 3.63) is 42.2 Å². The zero-order valence-corrected chi connectivity index (χ0v) is 12.5. The number of amides is 1. The first kappa shape index (κ1) is 13.8. The number of fused-ring (bicyclic) bond motifs is 1. The lowest BCUT2D eigenvalue weighted by atomic mass is 10.1. The number of aromatic nitrogens is 3. The third-order valence-electron chi connectivity index (χ3n) is 3.39. The van der Waals surface area contributed by atoms with Gasteiger partial charge in [0.25, 0.3) is 0 Å². The number of aromatic amines is 2. The van der Waals surface area contributed by atoms with Crippen LogP contribution in [0.25, 0.3) is 10.9 Å². The Kier molecular flexibility index (Phi) is 3.96. The number of hydrogen-bond donors (Lipinski definition) is 3. The van der Waals surface area contributed by atoms with Gasteiger partial charge in [-0.15, -0.1) is 11.8 Å². The molecule has 2 heterocycles. The number of carbonyl (C=O) groups excluding carboxylic acids is 1. The first-order chi connectivity index (χ1) is 10.3. The lowest BCUT2D eigenvalue weighted by Gasteiger charge is -2.04. The molecule has 0 unspecified atom stereocenters. The summed E-state index contributed by atoms with van der Waals surface area (Å²) in [6, 6.07) is 8.11. The van der Waals surface area contributed by atoms with Crippen molar-refractivity contribution in [2.45, 2.75) is 17.7 Å². The molecule has 0 saturated heterocycles. The monoisotopic (exact) mass is 300 g/mol. The highest BCUT2D eigenvalue weighted by Crippen LogP contribution is 2.23. The Balaban J connectivity index is 1.63. The van der Waals surface area contributed by atoms with Crippen LogP contribution in [0, 0.1) is 0 Å². The quantitative estimate of drug-likeness (QED) is 0.634. The van der Waals surface area contributed by atoms with E-state index in [-0.39, 0.29) is 5.91 Å². The van der Waals surface area contributed by atoms with Gasteiger partial charge in [-0.1, -0.05) is 18.2 Å². The van der Waals surface area contributed by atoms with Gasteiger partial charge in [0, 0.05) is 23.5 Å². The summed E-state index contributed by atoms with van der Waals surface area (Å²) in [6.45, 7) is 0. The lowest BCUT2D eigenvalue weighted by molar-refractivity contribution is -0.116. The highest BCUT2D eigenvalue weighted by molar-refractivity contribution is 7.98. The highest BCUT2D eigenvalue weighted by atomic mass is 32.2. The van der Waals surface area contributed by atoms with Gasteiger partial charge in [-0.2, -0.15) is 5.10 Å². The van der Waals surface area contributed by atoms with Crippen LogP contribution >= 0.6 is 11.8 Å². The van der Waals surface area contributed by atoms with Crippen molar-refractivity contribution in [2.24, 2.45) is 0 Å². The molecule has 21 heavy (non-hydrogen) atoms. The molecule has 1 amide bonds. The topological polar surface area (TPSA) is 73.6 Å². The van der Waals surface area contributed by atoms with Gasteiger partial charge in [0.2, 0.25) is 5.91 Å². The molecular formula is C15H16N4OS. The summed E-state index contributed by atoms with van der Waals surface area (Å²) in [5.41, 5.74) is 2.27. The molecule has 3 rings (SSSR count). The van der Waals surface area contributed by atoms with Crippen LogP contribution in [0.1, 0.15) is 12.0 Å². The number of hydrogen-bond acceptors (Lipinski definition) is 3. The fourth-order valence-corrected chi connectivity index (χ4v) is 2.77. The fraction of sp³-hybridized carbons (Fsp3) is 0.200. The van der Waals surface area contributed by atoms with E-state index in [1.807, 2.05) is 30.7 Å². The minimum absolute atomic E-state index is 0.0140. The third-order valence-corrected chi connectivity index (χ3v) is 4.13. The van der Waals surface area contributed by atoms with Crippen LogP contribution in [0.4, 0.5) is 5.82 Å². The summed E-state index contributed by atoms with van der Waals surface area (Å²) in [4.78, 5) is 16.2. The number of thioether (sulfide) groups is 1. The van der Waals surface area contributed by atoms with Crippen molar-refractivity contribution < 1.29 is 4.79 Å². The van der Waals surface area contributed by atoms with E-state index in [1.165, 1.54) is 5.39 Å². The number of nitrogens with zero attached hydrogens (tertiary/aromatic N) is 1. The summed E-state index contributed by atoms with van der Waals surface area (Å²) in [7, 11) is 0. The standard InChI is InChI=1S/C15H16N4OS/c1-21-13-9-17-19-15(13)18-14(20)7-6-10-8-16-12-5-3-2-4-11(10)12/h2-5,8-9,16H,6-7H2,1H3,(H2,17,18,19,20). The highest BCUT2D eigenvalue weighted by Gasteiger charge is 2.10. The number of anilines is 1. The van der Waals surface area contributed by atoms with Crippen LogP contribution in [-0.2, 0) is 11.2 Å². The number of rotatable bonds is 5.